The average molecular weight is 448 g/mol. The van der Waals surface area contributed by atoms with Crippen LogP contribution in [0.3, 0.4) is 0 Å². The van der Waals surface area contributed by atoms with Gasteiger partial charge in [0.15, 0.2) is 0 Å². The van der Waals surface area contributed by atoms with Gasteiger partial charge in [-0.25, -0.2) is 4.79 Å². The summed E-state index contributed by atoms with van der Waals surface area (Å²) in [7, 11) is 0. The first-order valence-corrected chi connectivity index (χ1v) is 10.1. The van der Waals surface area contributed by atoms with E-state index in [9.17, 15) is 29.1 Å². The van der Waals surface area contributed by atoms with Crippen LogP contribution in [0.5, 0.6) is 0 Å². The lowest BCUT2D eigenvalue weighted by Crippen LogP contribution is -2.59. The number of hydrogen-bond donors (Lipinski definition) is 8. The molecule has 1 rings (SSSR count). The summed E-state index contributed by atoms with van der Waals surface area (Å²) in [5, 5.41) is 37.7. The molecule has 12 nitrogen and oxygen atoms in total. The van der Waals surface area contributed by atoms with Gasteiger partial charge in [-0.2, -0.15) is 12.6 Å². The molecule has 30 heavy (non-hydrogen) atoms. The number of aliphatic hydroxyl groups excluding tert-OH is 1. The van der Waals surface area contributed by atoms with Gasteiger partial charge in [0.25, 0.3) is 0 Å². The summed E-state index contributed by atoms with van der Waals surface area (Å²) in [6.45, 7) is 1.93. The van der Waals surface area contributed by atoms with Gasteiger partial charge >= 0.3 is 11.9 Å². The zero-order valence-corrected chi connectivity index (χ0v) is 17.4. The Morgan fingerprint density at radius 1 is 1.07 bits per heavy atom. The Kier molecular flexibility index (Phi) is 10.6. The molecule has 0 aromatic carbocycles. The van der Waals surface area contributed by atoms with E-state index in [-0.39, 0.29) is 12.2 Å². The van der Waals surface area contributed by atoms with Crippen molar-refractivity contribution in [3.63, 3.8) is 0 Å². The number of aliphatic carboxylic acids is 2. The van der Waals surface area contributed by atoms with Crippen molar-refractivity contribution in [2.24, 2.45) is 0 Å². The summed E-state index contributed by atoms with van der Waals surface area (Å²) >= 11 is 3.83. The molecular formula is C17H28N4O8S. The monoisotopic (exact) mass is 448 g/mol. The number of carboxylic acid groups (broad SMARTS) is 2. The van der Waals surface area contributed by atoms with E-state index < -0.39 is 66.4 Å². The number of rotatable bonds is 12. The van der Waals surface area contributed by atoms with Gasteiger partial charge in [0.05, 0.1) is 12.1 Å². The standard InChI is InChI=1S/C17H28N4O8S/c1-8(22)13(21-14(25)9-3-2-6-18-9)16(27)19-10(4-5-12(23)24)15(26)20-11(7-30)17(28)29/h8-11,13,18,22,30H,2-7H2,1H3,(H,19,27)(H,20,26)(H,21,25)(H,23,24)(H,28,29). The fourth-order valence-corrected chi connectivity index (χ4v) is 3.07. The summed E-state index contributed by atoms with van der Waals surface area (Å²) in [5.41, 5.74) is 0. The van der Waals surface area contributed by atoms with Gasteiger partial charge in [-0.3, -0.25) is 19.2 Å². The number of nitrogens with one attached hydrogen (secondary N) is 4. The number of thiol groups is 1. The maximum absolute atomic E-state index is 12.6. The predicted octanol–water partition coefficient (Wildman–Crippen LogP) is -2.55. The number of carbonyl (C=O) groups excluding carboxylic acids is 3. The molecular weight excluding hydrogens is 420 g/mol. The molecule has 0 bridgehead atoms. The Labute approximate surface area is 178 Å². The summed E-state index contributed by atoms with van der Waals surface area (Å²) in [6.07, 6.45) is -0.741. The van der Waals surface area contributed by atoms with E-state index in [0.29, 0.717) is 13.0 Å². The van der Waals surface area contributed by atoms with Crippen molar-refractivity contribution >= 4 is 42.3 Å². The van der Waals surface area contributed by atoms with Crippen LogP contribution >= 0.6 is 12.6 Å². The number of amides is 3. The second kappa shape index (κ2) is 12.3. The molecule has 0 aromatic rings. The Bertz CT molecular complexity index is 654. The normalized spacial score (nSPS) is 19.8. The van der Waals surface area contributed by atoms with E-state index in [0.717, 1.165) is 6.42 Å². The van der Waals surface area contributed by atoms with E-state index in [1.807, 2.05) is 0 Å². The van der Waals surface area contributed by atoms with E-state index >= 15 is 0 Å². The van der Waals surface area contributed by atoms with Crippen LogP contribution in [-0.2, 0) is 24.0 Å². The Morgan fingerprint density at radius 2 is 1.70 bits per heavy atom. The van der Waals surface area contributed by atoms with Gasteiger partial charge in [-0.15, -0.1) is 0 Å². The SMILES string of the molecule is CC(O)C(NC(=O)C1CCCN1)C(=O)NC(CCC(=O)O)C(=O)NC(CS)C(=O)O. The number of carboxylic acids is 2. The van der Waals surface area contributed by atoms with E-state index in [1.54, 1.807) is 0 Å². The number of carbonyl (C=O) groups is 5. The van der Waals surface area contributed by atoms with Gasteiger partial charge in [-0.05, 0) is 32.7 Å². The van der Waals surface area contributed by atoms with E-state index in [2.05, 4.69) is 33.9 Å². The van der Waals surface area contributed by atoms with Crippen LogP contribution in [-0.4, -0.2) is 87.5 Å². The van der Waals surface area contributed by atoms with Crippen LogP contribution in [0.25, 0.3) is 0 Å². The molecule has 1 fully saturated rings. The highest BCUT2D eigenvalue weighted by atomic mass is 32.1. The second-order valence-electron chi connectivity index (χ2n) is 6.95. The highest BCUT2D eigenvalue weighted by Gasteiger charge is 2.33. The van der Waals surface area contributed by atoms with Crippen LogP contribution in [0.2, 0.25) is 0 Å². The maximum Gasteiger partial charge on any atom is 0.327 e. The van der Waals surface area contributed by atoms with Gasteiger partial charge in [0.2, 0.25) is 17.7 Å². The fraction of sp³-hybridized carbons (Fsp3) is 0.706. The van der Waals surface area contributed by atoms with Crippen molar-refractivity contribution < 1.29 is 39.3 Å². The Morgan fingerprint density at radius 3 is 2.17 bits per heavy atom. The van der Waals surface area contributed by atoms with Crippen molar-refractivity contribution in [3.05, 3.63) is 0 Å². The molecule has 0 spiro atoms. The summed E-state index contributed by atoms with van der Waals surface area (Å²) < 4.78 is 0. The highest BCUT2D eigenvalue weighted by molar-refractivity contribution is 7.80. The topological polar surface area (TPSA) is 194 Å². The molecule has 1 saturated heterocycles. The smallest absolute Gasteiger partial charge is 0.327 e. The molecule has 1 aliphatic rings. The van der Waals surface area contributed by atoms with Crippen LogP contribution in [0, 0.1) is 0 Å². The molecule has 3 amide bonds. The third-order valence-electron chi connectivity index (χ3n) is 4.52. The third kappa shape index (κ3) is 8.16. The zero-order chi connectivity index (χ0) is 22.8. The third-order valence-corrected chi connectivity index (χ3v) is 4.88. The number of aliphatic hydroxyl groups is 1. The minimum atomic E-state index is -1.39. The first kappa shape index (κ1) is 25.7. The summed E-state index contributed by atoms with van der Waals surface area (Å²) in [6, 6.07) is -4.62. The minimum Gasteiger partial charge on any atom is -0.481 e. The van der Waals surface area contributed by atoms with Crippen molar-refractivity contribution in [2.45, 2.75) is 62.9 Å². The first-order valence-electron chi connectivity index (χ1n) is 9.44. The molecule has 0 aliphatic carbocycles. The molecule has 0 radical (unpaired) electrons. The molecule has 5 unspecified atom stereocenters. The van der Waals surface area contributed by atoms with Crippen molar-refractivity contribution in [1.29, 1.82) is 0 Å². The van der Waals surface area contributed by atoms with Gasteiger partial charge in [0.1, 0.15) is 18.1 Å². The van der Waals surface area contributed by atoms with Crippen molar-refractivity contribution in [2.75, 3.05) is 12.3 Å². The molecule has 13 heteroatoms. The van der Waals surface area contributed by atoms with E-state index in [1.165, 1.54) is 6.92 Å². The van der Waals surface area contributed by atoms with Crippen LogP contribution in [0.4, 0.5) is 0 Å². The predicted molar refractivity (Wildman–Crippen MR) is 107 cm³/mol. The number of hydrogen-bond acceptors (Lipinski definition) is 8. The second-order valence-corrected chi connectivity index (χ2v) is 7.32. The van der Waals surface area contributed by atoms with Crippen LogP contribution in [0.15, 0.2) is 0 Å². The molecule has 5 atom stereocenters. The lowest BCUT2D eigenvalue weighted by atomic mass is 10.1. The van der Waals surface area contributed by atoms with Gasteiger partial charge in [0, 0.05) is 12.2 Å². The molecule has 0 aromatic heterocycles. The van der Waals surface area contributed by atoms with Gasteiger partial charge in [-0.1, -0.05) is 0 Å². The maximum atomic E-state index is 12.6. The van der Waals surface area contributed by atoms with Crippen molar-refractivity contribution in [3.8, 4) is 0 Å². The molecule has 170 valence electrons. The van der Waals surface area contributed by atoms with E-state index in [4.69, 9.17) is 10.2 Å². The molecule has 0 saturated carbocycles. The average Bonchev–Trinajstić information content (AvgIpc) is 3.20. The lowest BCUT2D eigenvalue weighted by Gasteiger charge is -2.26. The Hall–Kier alpha value is -2.38. The van der Waals surface area contributed by atoms with Crippen LogP contribution < -0.4 is 21.3 Å². The minimum absolute atomic E-state index is 0.221. The largest absolute Gasteiger partial charge is 0.481 e. The summed E-state index contributed by atoms with van der Waals surface area (Å²) in [4.78, 5) is 59.3. The first-order chi connectivity index (χ1) is 14.1. The molecule has 1 heterocycles. The summed E-state index contributed by atoms with van der Waals surface area (Å²) in [5.74, 6) is -5.10. The van der Waals surface area contributed by atoms with Gasteiger partial charge < -0.3 is 36.6 Å². The van der Waals surface area contributed by atoms with Crippen molar-refractivity contribution in [1.82, 2.24) is 21.3 Å². The Balaban J connectivity index is 2.87. The van der Waals surface area contributed by atoms with Crippen LogP contribution in [0.1, 0.15) is 32.6 Å². The highest BCUT2D eigenvalue weighted by Crippen LogP contribution is 2.07. The fourth-order valence-electron chi connectivity index (χ4n) is 2.82. The zero-order valence-electron chi connectivity index (χ0n) is 16.5. The lowest BCUT2D eigenvalue weighted by molar-refractivity contribution is -0.142. The molecule has 1 aliphatic heterocycles. The molecule has 7 N–H and O–H groups in total. The quantitative estimate of drug-likeness (QED) is 0.148.